The monoisotopic (exact) mass is 235 g/mol. The topological polar surface area (TPSA) is 64.9 Å². The summed E-state index contributed by atoms with van der Waals surface area (Å²) in [6.07, 6.45) is 1.60. The van der Waals surface area contributed by atoms with Crippen LogP contribution in [0.5, 0.6) is 0 Å². The molecule has 1 aliphatic heterocycles. The molecule has 1 aromatic heterocycles. The molecule has 0 bridgehead atoms. The molecule has 5 heteroatoms. The standard InChI is InChI=1S/C11H13N3OS/c12-6-9-2-4-16-11(9)14-10(15)5-8-1-3-13-7-8/h2,4,8,13H,1,3,5,7H2,(H,14,15). The Kier molecular flexibility index (Phi) is 3.54. The summed E-state index contributed by atoms with van der Waals surface area (Å²) in [5.74, 6) is 0.443. The Morgan fingerprint density at radius 1 is 1.75 bits per heavy atom. The van der Waals surface area contributed by atoms with Crippen LogP contribution in [-0.4, -0.2) is 19.0 Å². The van der Waals surface area contributed by atoms with Crippen LogP contribution < -0.4 is 10.6 Å². The van der Waals surface area contributed by atoms with E-state index in [2.05, 4.69) is 16.7 Å². The molecule has 2 rings (SSSR count). The smallest absolute Gasteiger partial charge is 0.225 e. The van der Waals surface area contributed by atoms with Gasteiger partial charge in [-0.2, -0.15) is 5.26 Å². The maximum Gasteiger partial charge on any atom is 0.225 e. The summed E-state index contributed by atoms with van der Waals surface area (Å²) >= 11 is 1.39. The maximum atomic E-state index is 11.7. The number of hydrogen-bond acceptors (Lipinski definition) is 4. The van der Waals surface area contributed by atoms with Crippen molar-refractivity contribution in [3.8, 4) is 6.07 Å². The van der Waals surface area contributed by atoms with Crippen molar-refractivity contribution < 1.29 is 4.79 Å². The Bertz CT molecular complexity index is 415. The predicted octanol–water partition coefficient (Wildman–Crippen LogP) is 1.56. The van der Waals surface area contributed by atoms with E-state index in [1.54, 1.807) is 6.07 Å². The van der Waals surface area contributed by atoms with E-state index in [1.165, 1.54) is 11.3 Å². The van der Waals surface area contributed by atoms with E-state index in [0.717, 1.165) is 19.5 Å². The van der Waals surface area contributed by atoms with E-state index in [0.29, 0.717) is 22.9 Å². The van der Waals surface area contributed by atoms with E-state index in [4.69, 9.17) is 5.26 Å². The Labute approximate surface area is 98.3 Å². The van der Waals surface area contributed by atoms with Crippen molar-refractivity contribution in [2.24, 2.45) is 5.92 Å². The lowest BCUT2D eigenvalue weighted by atomic mass is 10.0. The molecule has 1 atom stereocenters. The summed E-state index contributed by atoms with van der Waals surface area (Å²) in [5, 5.41) is 17.3. The minimum absolute atomic E-state index is 0.00708. The lowest BCUT2D eigenvalue weighted by Gasteiger charge is -2.07. The van der Waals surface area contributed by atoms with Gasteiger partial charge in [-0.25, -0.2) is 0 Å². The summed E-state index contributed by atoms with van der Waals surface area (Å²) in [6, 6.07) is 3.78. The molecule has 2 heterocycles. The van der Waals surface area contributed by atoms with Gasteiger partial charge in [-0.15, -0.1) is 11.3 Å². The van der Waals surface area contributed by atoms with Crippen LogP contribution in [0.15, 0.2) is 11.4 Å². The van der Waals surface area contributed by atoms with Crippen molar-refractivity contribution >= 4 is 22.2 Å². The van der Waals surface area contributed by atoms with Gasteiger partial charge in [0.25, 0.3) is 0 Å². The Hall–Kier alpha value is -1.38. The number of amides is 1. The molecule has 1 fully saturated rings. The van der Waals surface area contributed by atoms with Gasteiger partial charge in [-0.1, -0.05) is 0 Å². The van der Waals surface area contributed by atoms with Crippen LogP contribution in [0.4, 0.5) is 5.00 Å². The number of anilines is 1. The molecular weight excluding hydrogens is 222 g/mol. The number of rotatable bonds is 3. The molecule has 0 aliphatic carbocycles. The fourth-order valence-corrected chi connectivity index (χ4v) is 2.58. The van der Waals surface area contributed by atoms with Crippen LogP contribution in [0.2, 0.25) is 0 Å². The van der Waals surface area contributed by atoms with Gasteiger partial charge in [-0.3, -0.25) is 4.79 Å². The SMILES string of the molecule is N#Cc1ccsc1NC(=O)CC1CCNC1. The van der Waals surface area contributed by atoms with Gasteiger partial charge in [0.1, 0.15) is 11.1 Å². The van der Waals surface area contributed by atoms with Gasteiger partial charge in [-0.05, 0) is 36.9 Å². The van der Waals surface area contributed by atoms with E-state index in [9.17, 15) is 4.79 Å². The van der Waals surface area contributed by atoms with Crippen molar-refractivity contribution in [2.75, 3.05) is 18.4 Å². The Morgan fingerprint density at radius 3 is 3.31 bits per heavy atom. The van der Waals surface area contributed by atoms with E-state index >= 15 is 0 Å². The first-order valence-corrected chi connectivity index (χ1v) is 6.15. The summed E-state index contributed by atoms with van der Waals surface area (Å²) in [7, 11) is 0. The highest BCUT2D eigenvalue weighted by Gasteiger charge is 2.18. The van der Waals surface area contributed by atoms with E-state index < -0.39 is 0 Å². The zero-order valence-corrected chi connectivity index (χ0v) is 9.64. The van der Waals surface area contributed by atoms with Crippen molar-refractivity contribution in [3.05, 3.63) is 17.0 Å². The third-order valence-electron chi connectivity index (χ3n) is 2.68. The second kappa shape index (κ2) is 5.10. The molecule has 0 saturated carbocycles. The first-order valence-electron chi connectivity index (χ1n) is 5.27. The van der Waals surface area contributed by atoms with Crippen molar-refractivity contribution in [2.45, 2.75) is 12.8 Å². The predicted molar refractivity (Wildman–Crippen MR) is 63.3 cm³/mol. The van der Waals surface area contributed by atoms with Gasteiger partial charge in [0.15, 0.2) is 0 Å². The van der Waals surface area contributed by atoms with E-state index in [-0.39, 0.29) is 5.91 Å². The maximum absolute atomic E-state index is 11.7. The van der Waals surface area contributed by atoms with Gasteiger partial charge in [0, 0.05) is 6.42 Å². The minimum atomic E-state index is 0.00708. The normalized spacial score (nSPS) is 19.3. The zero-order chi connectivity index (χ0) is 11.4. The molecule has 1 saturated heterocycles. The Morgan fingerprint density at radius 2 is 2.62 bits per heavy atom. The van der Waals surface area contributed by atoms with Crippen LogP contribution in [0.3, 0.4) is 0 Å². The van der Waals surface area contributed by atoms with Crippen LogP contribution in [-0.2, 0) is 4.79 Å². The molecule has 1 aliphatic rings. The van der Waals surface area contributed by atoms with Crippen LogP contribution in [0, 0.1) is 17.2 Å². The number of hydrogen-bond donors (Lipinski definition) is 2. The fourth-order valence-electron chi connectivity index (χ4n) is 1.82. The lowest BCUT2D eigenvalue weighted by molar-refractivity contribution is -0.116. The van der Waals surface area contributed by atoms with Crippen LogP contribution >= 0.6 is 11.3 Å². The number of nitrogens with zero attached hydrogens (tertiary/aromatic N) is 1. The number of carbonyl (C=O) groups excluding carboxylic acids is 1. The highest BCUT2D eigenvalue weighted by molar-refractivity contribution is 7.14. The highest BCUT2D eigenvalue weighted by Crippen LogP contribution is 2.23. The molecule has 2 N–H and O–H groups in total. The molecule has 84 valence electrons. The molecule has 0 radical (unpaired) electrons. The molecule has 16 heavy (non-hydrogen) atoms. The molecule has 0 aromatic carbocycles. The molecule has 4 nitrogen and oxygen atoms in total. The molecule has 1 aromatic rings. The van der Waals surface area contributed by atoms with Crippen molar-refractivity contribution in [1.82, 2.24) is 5.32 Å². The minimum Gasteiger partial charge on any atom is -0.317 e. The fraction of sp³-hybridized carbons (Fsp3) is 0.455. The highest BCUT2D eigenvalue weighted by atomic mass is 32.1. The second-order valence-corrected chi connectivity index (χ2v) is 4.80. The molecule has 1 unspecified atom stereocenters. The number of thiophene rings is 1. The summed E-state index contributed by atoms with van der Waals surface area (Å²) < 4.78 is 0. The van der Waals surface area contributed by atoms with Gasteiger partial charge in [0.05, 0.1) is 5.56 Å². The number of carbonyl (C=O) groups is 1. The van der Waals surface area contributed by atoms with Gasteiger partial charge in [0.2, 0.25) is 5.91 Å². The van der Waals surface area contributed by atoms with Gasteiger partial charge < -0.3 is 10.6 Å². The Balaban J connectivity index is 1.89. The molecule has 0 spiro atoms. The number of nitrogens with one attached hydrogen (secondary N) is 2. The lowest BCUT2D eigenvalue weighted by Crippen LogP contribution is -2.18. The molecule has 1 amide bonds. The quantitative estimate of drug-likeness (QED) is 0.835. The largest absolute Gasteiger partial charge is 0.317 e. The van der Waals surface area contributed by atoms with Crippen LogP contribution in [0.1, 0.15) is 18.4 Å². The second-order valence-electron chi connectivity index (χ2n) is 3.89. The number of nitriles is 1. The average Bonchev–Trinajstić information content (AvgIpc) is 2.88. The average molecular weight is 235 g/mol. The summed E-state index contributed by atoms with van der Waals surface area (Å²) in [4.78, 5) is 11.7. The van der Waals surface area contributed by atoms with Crippen LogP contribution in [0.25, 0.3) is 0 Å². The van der Waals surface area contributed by atoms with Gasteiger partial charge >= 0.3 is 0 Å². The van der Waals surface area contributed by atoms with E-state index in [1.807, 2.05) is 5.38 Å². The summed E-state index contributed by atoms with van der Waals surface area (Å²) in [6.45, 7) is 1.92. The van der Waals surface area contributed by atoms with Crippen molar-refractivity contribution in [1.29, 1.82) is 5.26 Å². The third kappa shape index (κ3) is 2.60. The first-order chi connectivity index (χ1) is 7.79. The molecular formula is C11H13N3OS. The zero-order valence-electron chi connectivity index (χ0n) is 8.82. The van der Waals surface area contributed by atoms with Crippen molar-refractivity contribution in [3.63, 3.8) is 0 Å². The summed E-state index contributed by atoms with van der Waals surface area (Å²) in [5.41, 5.74) is 0.544. The third-order valence-corrected chi connectivity index (χ3v) is 3.50. The first kappa shape index (κ1) is 11.1.